The van der Waals surface area contributed by atoms with Gasteiger partial charge in [0.15, 0.2) is 6.29 Å². The summed E-state index contributed by atoms with van der Waals surface area (Å²) >= 11 is 5.95. The Morgan fingerprint density at radius 3 is 2.64 bits per heavy atom. The van der Waals surface area contributed by atoms with Crippen LogP contribution < -0.4 is 0 Å². The molecule has 3 heteroatoms. The first kappa shape index (κ1) is 9.71. The Kier molecular flexibility index (Phi) is 2.87. The topological polar surface area (TPSA) is 18.5 Å². The van der Waals surface area contributed by atoms with Gasteiger partial charge in [-0.3, -0.25) is 0 Å². The van der Waals surface area contributed by atoms with Crippen molar-refractivity contribution in [2.75, 3.05) is 13.2 Å². The molecule has 0 radical (unpaired) electrons. The first-order valence-electron chi connectivity index (χ1n) is 4.46. The second-order valence-electron chi connectivity index (χ2n) is 3.10. The van der Waals surface area contributed by atoms with Crippen molar-refractivity contribution in [2.45, 2.75) is 6.29 Å². The van der Waals surface area contributed by atoms with Crippen LogP contribution in [0.1, 0.15) is 17.4 Å². The van der Waals surface area contributed by atoms with Gasteiger partial charge in [0.2, 0.25) is 0 Å². The van der Waals surface area contributed by atoms with Crippen molar-refractivity contribution in [1.29, 1.82) is 0 Å². The molecule has 0 bridgehead atoms. The highest BCUT2D eigenvalue weighted by Gasteiger charge is 2.18. The Morgan fingerprint density at radius 2 is 2.00 bits per heavy atom. The van der Waals surface area contributed by atoms with E-state index < -0.39 is 0 Å². The van der Waals surface area contributed by atoms with Gasteiger partial charge in [-0.05, 0) is 23.8 Å². The van der Waals surface area contributed by atoms with Crippen LogP contribution in [0.3, 0.4) is 0 Å². The number of halogens is 1. The van der Waals surface area contributed by atoms with E-state index in [1.165, 1.54) is 0 Å². The van der Waals surface area contributed by atoms with Crippen LogP contribution in [0.15, 0.2) is 24.8 Å². The van der Waals surface area contributed by atoms with Gasteiger partial charge in [-0.15, -0.1) is 0 Å². The SMILES string of the molecule is C=Cc1cc(Cl)cc(C2OCCO2)c1. The van der Waals surface area contributed by atoms with E-state index in [0.717, 1.165) is 11.1 Å². The van der Waals surface area contributed by atoms with E-state index in [4.69, 9.17) is 21.1 Å². The predicted octanol–water partition coefficient (Wildman–Crippen LogP) is 3.03. The summed E-state index contributed by atoms with van der Waals surface area (Å²) in [5.74, 6) is 0. The Labute approximate surface area is 88.1 Å². The summed E-state index contributed by atoms with van der Waals surface area (Å²) in [7, 11) is 0. The molecule has 0 spiro atoms. The molecule has 0 aromatic heterocycles. The van der Waals surface area contributed by atoms with Crippen LogP contribution in [-0.4, -0.2) is 13.2 Å². The van der Waals surface area contributed by atoms with Crippen LogP contribution >= 0.6 is 11.6 Å². The molecular weight excluding hydrogens is 200 g/mol. The standard InChI is InChI=1S/C11H11ClO2/c1-2-8-5-9(7-10(12)6-8)11-13-3-4-14-11/h2,5-7,11H,1,3-4H2. The highest BCUT2D eigenvalue weighted by Crippen LogP contribution is 2.27. The van der Waals surface area contributed by atoms with Gasteiger partial charge in [0.05, 0.1) is 13.2 Å². The minimum Gasteiger partial charge on any atom is -0.346 e. The fraction of sp³-hybridized carbons (Fsp3) is 0.273. The van der Waals surface area contributed by atoms with Crippen molar-refractivity contribution in [3.63, 3.8) is 0 Å². The highest BCUT2D eigenvalue weighted by molar-refractivity contribution is 6.30. The molecular formula is C11H11ClO2. The normalized spacial score (nSPS) is 17.2. The van der Waals surface area contributed by atoms with Crippen LogP contribution in [0.4, 0.5) is 0 Å². The van der Waals surface area contributed by atoms with Gasteiger partial charge in [0.25, 0.3) is 0 Å². The third kappa shape index (κ3) is 1.98. The summed E-state index contributed by atoms with van der Waals surface area (Å²) in [5.41, 5.74) is 1.93. The zero-order valence-electron chi connectivity index (χ0n) is 7.70. The molecule has 1 saturated heterocycles. The molecule has 2 nitrogen and oxygen atoms in total. The molecule has 1 aromatic carbocycles. The molecule has 0 amide bonds. The number of rotatable bonds is 2. The van der Waals surface area contributed by atoms with Crippen molar-refractivity contribution in [2.24, 2.45) is 0 Å². The highest BCUT2D eigenvalue weighted by atomic mass is 35.5. The molecule has 1 fully saturated rings. The van der Waals surface area contributed by atoms with Gasteiger partial charge >= 0.3 is 0 Å². The van der Waals surface area contributed by atoms with E-state index in [-0.39, 0.29) is 6.29 Å². The summed E-state index contributed by atoms with van der Waals surface area (Å²) in [5, 5.41) is 0.677. The average Bonchev–Trinajstić information content (AvgIpc) is 2.69. The maximum absolute atomic E-state index is 5.95. The average molecular weight is 211 g/mol. The van der Waals surface area contributed by atoms with Crippen molar-refractivity contribution in [1.82, 2.24) is 0 Å². The van der Waals surface area contributed by atoms with Gasteiger partial charge in [0.1, 0.15) is 0 Å². The monoisotopic (exact) mass is 210 g/mol. The van der Waals surface area contributed by atoms with E-state index >= 15 is 0 Å². The van der Waals surface area contributed by atoms with Crippen molar-refractivity contribution < 1.29 is 9.47 Å². The zero-order chi connectivity index (χ0) is 9.97. The third-order valence-electron chi connectivity index (χ3n) is 2.07. The molecule has 1 aliphatic heterocycles. The molecule has 74 valence electrons. The van der Waals surface area contributed by atoms with Crippen LogP contribution in [-0.2, 0) is 9.47 Å². The quantitative estimate of drug-likeness (QED) is 0.747. The van der Waals surface area contributed by atoms with Crippen LogP contribution in [0.2, 0.25) is 5.02 Å². The fourth-order valence-corrected chi connectivity index (χ4v) is 1.69. The minimum atomic E-state index is -0.271. The molecule has 0 aliphatic carbocycles. The van der Waals surface area contributed by atoms with Gasteiger partial charge in [-0.1, -0.05) is 24.3 Å². The fourth-order valence-electron chi connectivity index (χ4n) is 1.44. The Bertz CT molecular complexity index is 343. The van der Waals surface area contributed by atoms with E-state index in [2.05, 4.69) is 6.58 Å². The van der Waals surface area contributed by atoms with Crippen molar-refractivity contribution in [3.8, 4) is 0 Å². The molecule has 2 rings (SSSR count). The first-order chi connectivity index (χ1) is 6.79. The maximum atomic E-state index is 5.95. The molecule has 0 unspecified atom stereocenters. The molecule has 0 saturated carbocycles. The largest absolute Gasteiger partial charge is 0.346 e. The second kappa shape index (κ2) is 4.13. The van der Waals surface area contributed by atoms with Gasteiger partial charge in [0, 0.05) is 10.6 Å². The van der Waals surface area contributed by atoms with E-state index in [1.54, 1.807) is 6.08 Å². The zero-order valence-corrected chi connectivity index (χ0v) is 8.46. The van der Waals surface area contributed by atoms with Crippen molar-refractivity contribution >= 4 is 17.7 Å². The predicted molar refractivity (Wildman–Crippen MR) is 56.2 cm³/mol. The van der Waals surface area contributed by atoms with Gasteiger partial charge in [-0.25, -0.2) is 0 Å². The smallest absolute Gasteiger partial charge is 0.184 e. The molecule has 14 heavy (non-hydrogen) atoms. The number of hydrogen-bond donors (Lipinski definition) is 0. The van der Waals surface area contributed by atoms with Crippen molar-refractivity contribution in [3.05, 3.63) is 40.9 Å². The number of hydrogen-bond acceptors (Lipinski definition) is 2. The lowest BCUT2D eigenvalue weighted by atomic mass is 10.1. The lowest BCUT2D eigenvalue weighted by molar-refractivity contribution is -0.0441. The number of benzene rings is 1. The molecule has 1 aromatic rings. The summed E-state index contributed by atoms with van der Waals surface area (Å²) in [4.78, 5) is 0. The third-order valence-corrected chi connectivity index (χ3v) is 2.29. The number of ether oxygens (including phenoxy) is 2. The summed E-state index contributed by atoms with van der Waals surface area (Å²) in [6.45, 7) is 4.98. The second-order valence-corrected chi connectivity index (χ2v) is 3.53. The van der Waals surface area contributed by atoms with Crippen LogP contribution in [0, 0.1) is 0 Å². The van der Waals surface area contributed by atoms with Crippen LogP contribution in [0.5, 0.6) is 0 Å². The summed E-state index contributed by atoms with van der Waals surface area (Å²) in [6, 6.07) is 5.67. The lowest BCUT2D eigenvalue weighted by Gasteiger charge is -2.10. The van der Waals surface area contributed by atoms with E-state index in [0.29, 0.717) is 18.2 Å². The molecule has 0 atom stereocenters. The Hall–Kier alpha value is -0.830. The maximum Gasteiger partial charge on any atom is 0.184 e. The Morgan fingerprint density at radius 1 is 1.29 bits per heavy atom. The van der Waals surface area contributed by atoms with Gasteiger partial charge < -0.3 is 9.47 Å². The molecule has 0 N–H and O–H groups in total. The molecule has 1 aliphatic rings. The Balaban J connectivity index is 2.31. The summed E-state index contributed by atoms with van der Waals surface area (Å²) in [6.07, 6.45) is 1.48. The summed E-state index contributed by atoms with van der Waals surface area (Å²) < 4.78 is 10.8. The minimum absolute atomic E-state index is 0.271. The van der Waals surface area contributed by atoms with E-state index in [9.17, 15) is 0 Å². The lowest BCUT2D eigenvalue weighted by Crippen LogP contribution is -1.98. The van der Waals surface area contributed by atoms with E-state index in [1.807, 2.05) is 18.2 Å². The first-order valence-corrected chi connectivity index (χ1v) is 4.83. The van der Waals surface area contributed by atoms with Gasteiger partial charge in [-0.2, -0.15) is 0 Å². The van der Waals surface area contributed by atoms with Crippen LogP contribution in [0.25, 0.3) is 6.08 Å². The molecule has 1 heterocycles.